The van der Waals surface area contributed by atoms with Gasteiger partial charge in [-0.15, -0.1) is 0 Å². The van der Waals surface area contributed by atoms with Crippen LogP contribution in [0.15, 0.2) is 23.3 Å². The summed E-state index contributed by atoms with van der Waals surface area (Å²) >= 11 is 0. The number of aliphatic hydroxyl groups excluding tert-OH is 5. The summed E-state index contributed by atoms with van der Waals surface area (Å²) in [5.74, 6) is -1.57. The summed E-state index contributed by atoms with van der Waals surface area (Å²) in [4.78, 5) is 22.9. The Hall–Kier alpha value is -1.58. The van der Waals surface area contributed by atoms with Crippen LogP contribution in [-0.2, 0) is 14.3 Å². The molecule has 0 saturated carbocycles. The standard InChI is InChI=1S/C28H50O8/c1-8-9-10-11-21(29)13-12-18(2)26(34)28(5,6)27(35)20(4)14-19(3)24(32)16-22(30)15-23(31)17-25(33)36-7/h12,14,20-22,24,26-27,29-30,32,34-35H,8-11,13,15-17H2,1-7H3/b18-12+,19-14+/t20-,21+,22+,24-,26+,27?/m0/s1. The maximum atomic E-state index is 11.8. The van der Waals surface area contributed by atoms with Gasteiger partial charge < -0.3 is 30.3 Å². The van der Waals surface area contributed by atoms with E-state index < -0.39 is 60.0 Å². The lowest BCUT2D eigenvalue weighted by molar-refractivity contribution is -0.143. The van der Waals surface area contributed by atoms with Crippen LogP contribution in [0.4, 0.5) is 0 Å². The first kappa shape index (κ1) is 34.4. The number of Topliss-reactive ketones (excluding diaryl/α,β-unsaturated/α-hetero) is 1. The van der Waals surface area contributed by atoms with Crippen LogP contribution < -0.4 is 0 Å². The second kappa shape index (κ2) is 17.0. The summed E-state index contributed by atoms with van der Waals surface area (Å²) in [5.41, 5.74) is 0.296. The molecule has 36 heavy (non-hydrogen) atoms. The summed E-state index contributed by atoms with van der Waals surface area (Å²) in [6.07, 6.45) is 2.55. The average molecular weight is 515 g/mol. The van der Waals surface area contributed by atoms with Crippen molar-refractivity contribution in [2.45, 2.75) is 123 Å². The minimum Gasteiger partial charge on any atom is -0.469 e. The number of unbranched alkanes of at least 4 members (excludes halogenated alkanes) is 2. The molecular formula is C28H50O8. The van der Waals surface area contributed by atoms with E-state index in [1.807, 2.05) is 6.08 Å². The largest absolute Gasteiger partial charge is 0.469 e. The van der Waals surface area contributed by atoms with Crippen LogP contribution in [0.1, 0.15) is 92.9 Å². The minimum absolute atomic E-state index is 0.0908. The summed E-state index contributed by atoms with van der Waals surface area (Å²) in [6.45, 7) is 10.9. The summed E-state index contributed by atoms with van der Waals surface area (Å²) in [5, 5.41) is 52.7. The van der Waals surface area contributed by atoms with Gasteiger partial charge in [0.2, 0.25) is 0 Å². The van der Waals surface area contributed by atoms with Crippen molar-refractivity contribution >= 4 is 11.8 Å². The van der Waals surface area contributed by atoms with Gasteiger partial charge in [-0.05, 0) is 37.8 Å². The summed E-state index contributed by atoms with van der Waals surface area (Å²) < 4.78 is 4.43. The predicted molar refractivity (Wildman–Crippen MR) is 140 cm³/mol. The highest BCUT2D eigenvalue weighted by molar-refractivity contribution is 5.95. The highest BCUT2D eigenvalue weighted by atomic mass is 16.5. The molecule has 0 radical (unpaired) electrons. The number of ether oxygens (including phenoxy) is 1. The zero-order valence-corrected chi connectivity index (χ0v) is 23.2. The normalized spacial score (nSPS) is 18.2. The number of hydrogen-bond donors (Lipinski definition) is 5. The molecule has 8 nitrogen and oxygen atoms in total. The third-order valence-corrected chi connectivity index (χ3v) is 6.83. The van der Waals surface area contributed by atoms with Crippen LogP contribution >= 0.6 is 0 Å². The first-order valence-electron chi connectivity index (χ1n) is 13.0. The van der Waals surface area contributed by atoms with Crippen LogP contribution in [0.5, 0.6) is 0 Å². The molecule has 0 aromatic heterocycles. The second-order valence-electron chi connectivity index (χ2n) is 10.7. The van der Waals surface area contributed by atoms with Gasteiger partial charge in [0.25, 0.3) is 0 Å². The maximum Gasteiger partial charge on any atom is 0.313 e. The van der Waals surface area contributed by atoms with E-state index in [4.69, 9.17) is 0 Å². The molecule has 0 saturated heterocycles. The lowest BCUT2D eigenvalue weighted by Gasteiger charge is -2.38. The van der Waals surface area contributed by atoms with Gasteiger partial charge >= 0.3 is 5.97 Å². The molecular weight excluding hydrogens is 464 g/mol. The second-order valence-corrected chi connectivity index (χ2v) is 10.7. The van der Waals surface area contributed by atoms with Crippen LogP contribution in [0.25, 0.3) is 0 Å². The third kappa shape index (κ3) is 12.6. The van der Waals surface area contributed by atoms with Crippen molar-refractivity contribution in [3.8, 4) is 0 Å². The Morgan fingerprint density at radius 3 is 2.14 bits per heavy atom. The Kier molecular flexibility index (Phi) is 16.3. The molecule has 0 fully saturated rings. The molecule has 0 bridgehead atoms. The Labute approximate surface area is 217 Å². The Morgan fingerprint density at radius 1 is 0.972 bits per heavy atom. The molecule has 1 unspecified atom stereocenters. The zero-order chi connectivity index (χ0) is 28.1. The van der Waals surface area contributed by atoms with Crippen LogP contribution in [-0.4, -0.2) is 74.9 Å². The molecule has 0 aromatic rings. The lowest BCUT2D eigenvalue weighted by atomic mass is 9.73. The number of rotatable bonds is 18. The number of methoxy groups -OCH3 is 1. The third-order valence-electron chi connectivity index (χ3n) is 6.83. The van der Waals surface area contributed by atoms with Crippen LogP contribution in [0.2, 0.25) is 0 Å². The van der Waals surface area contributed by atoms with Crippen molar-refractivity contribution < 1.29 is 39.9 Å². The highest BCUT2D eigenvalue weighted by Gasteiger charge is 2.38. The first-order valence-corrected chi connectivity index (χ1v) is 13.0. The quantitative estimate of drug-likeness (QED) is 0.0811. The molecule has 8 heteroatoms. The SMILES string of the molecule is CCCCC[C@@H](O)C/C=C(\C)[C@@H](O)C(C)(C)C(O)[C@@H](C)/C=C(\C)[C@@H](O)C[C@H](O)CC(=O)CC(=O)OC. The van der Waals surface area contributed by atoms with E-state index in [9.17, 15) is 35.1 Å². The number of aliphatic hydroxyl groups is 5. The molecule has 0 rings (SSSR count). The van der Waals surface area contributed by atoms with E-state index in [-0.39, 0.29) is 12.8 Å². The fourth-order valence-corrected chi connectivity index (χ4v) is 4.32. The molecule has 210 valence electrons. The topological polar surface area (TPSA) is 145 Å². The van der Waals surface area contributed by atoms with Crippen molar-refractivity contribution in [2.75, 3.05) is 7.11 Å². The summed E-state index contributed by atoms with van der Waals surface area (Å²) in [6, 6.07) is 0. The lowest BCUT2D eigenvalue weighted by Crippen LogP contribution is -2.44. The van der Waals surface area contributed by atoms with Gasteiger partial charge in [-0.1, -0.05) is 59.1 Å². The molecule has 6 atom stereocenters. The number of ketones is 1. The van der Waals surface area contributed by atoms with Crippen molar-refractivity contribution in [3.05, 3.63) is 23.3 Å². The van der Waals surface area contributed by atoms with E-state index in [0.29, 0.717) is 17.6 Å². The smallest absolute Gasteiger partial charge is 0.313 e. The predicted octanol–water partition coefficient (Wildman–Crippen LogP) is 3.23. The molecule has 0 aliphatic rings. The molecule has 0 spiro atoms. The fraction of sp³-hybridized carbons (Fsp3) is 0.786. The number of carbonyl (C=O) groups excluding carboxylic acids is 2. The van der Waals surface area contributed by atoms with Gasteiger partial charge in [-0.25, -0.2) is 0 Å². The Bertz CT molecular complexity index is 727. The van der Waals surface area contributed by atoms with E-state index in [0.717, 1.165) is 25.7 Å². The molecule has 0 aromatic carbocycles. The fourth-order valence-electron chi connectivity index (χ4n) is 4.32. The van der Waals surface area contributed by atoms with Gasteiger partial charge in [-0.2, -0.15) is 0 Å². The molecule has 5 N–H and O–H groups in total. The number of carbonyl (C=O) groups is 2. The zero-order valence-electron chi connectivity index (χ0n) is 23.2. The highest BCUT2D eigenvalue weighted by Crippen LogP contribution is 2.35. The van der Waals surface area contributed by atoms with Crippen molar-refractivity contribution in [3.63, 3.8) is 0 Å². The molecule has 0 aliphatic heterocycles. The van der Waals surface area contributed by atoms with E-state index in [2.05, 4.69) is 11.7 Å². The van der Waals surface area contributed by atoms with Crippen LogP contribution in [0, 0.1) is 11.3 Å². The monoisotopic (exact) mass is 514 g/mol. The van der Waals surface area contributed by atoms with E-state index >= 15 is 0 Å². The number of esters is 1. The van der Waals surface area contributed by atoms with E-state index in [1.165, 1.54) is 7.11 Å². The Balaban J connectivity index is 5.05. The van der Waals surface area contributed by atoms with Crippen molar-refractivity contribution in [1.29, 1.82) is 0 Å². The molecule has 0 heterocycles. The van der Waals surface area contributed by atoms with Gasteiger partial charge in [0.1, 0.15) is 12.2 Å². The Morgan fingerprint density at radius 2 is 1.58 bits per heavy atom. The maximum absolute atomic E-state index is 11.8. The first-order chi connectivity index (χ1) is 16.7. The van der Waals surface area contributed by atoms with Crippen molar-refractivity contribution in [2.24, 2.45) is 11.3 Å². The molecule has 0 amide bonds. The molecule has 0 aliphatic carbocycles. The summed E-state index contributed by atoms with van der Waals surface area (Å²) in [7, 11) is 1.18. The van der Waals surface area contributed by atoms with Crippen molar-refractivity contribution in [1.82, 2.24) is 0 Å². The minimum atomic E-state index is -1.12. The van der Waals surface area contributed by atoms with E-state index in [1.54, 1.807) is 40.7 Å². The van der Waals surface area contributed by atoms with Crippen LogP contribution in [0.3, 0.4) is 0 Å². The average Bonchev–Trinajstić information content (AvgIpc) is 2.80. The van der Waals surface area contributed by atoms with Gasteiger partial charge in [0, 0.05) is 24.2 Å². The van der Waals surface area contributed by atoms with Gasteiger partial charge in [0.15, 0.2) is 0 Å². The number of hydrogen-bond acceptors (Lipinski definition) is 8. The van der Waals surface area contributed by atoms with Gasteiger partial charge in [-0.3, -0.25) is 9.59 Å². The van der Waals surface area contributed by atoms with Gasteiger partial charge in [0.05, 0.1) is 37.6 Å².